The number of alkyl carbamates (subject to hydrolysis) is 1. The van der Waals surface area contributed by atoms with Gasteiger partial charge in [-0.15, -0.1) is 0 Å². The van der Waals surface area contributed by atoms with Gasteiger partial charge in [-0.1, -0.05) is 37.1 Å². The first-order valence-electron chi connectivity index (χ1n) is 12.4. The van der Waals surface area contributed by atoms with Gasteiger partial charge in [0.25, 0.3) is 0 Å². The molecule has 1 saturated carbocycles. The molecule has 2 fully saturated rings. The lowest BCUT2D eigenvalue weighted by molar-refractivity contribution is 0.122. The molecule has 0 unspecified atom stereocenters. The number of carbonyl (C=O) groups is 1. The van der Waals surface area contributed by atoms with Crippen molar-refractivity contribution in [2.75, 3.05) is 18.0 Å². The summed E-state index contributed by atoms with van der Waals surface area (Å²) in [4.78, 5) is 15.0. The smallest absolute Gasteiger partial charge is 0.407 e. The van der Waals surface area contributed by atoms with Gasteiger partial charge in [0, 0.05) is 24.8 Å². The van der Waals surface area contributed by atoms with Gasteiger partial charge in [0.15, 0.2) is 0 Å². The molecule has 1 amide bonds. The SMILES string of the molecule is Cc1ccccc1COC(=O)N[C@@H]1CCCC[C@H]1C[C@H]1CCCN(c2ccc(C#N)cc2)C1. The molecule has 33 heavy (non-hydrogen) atoms. The number of aryl methyl sites for hydroxylation is 1. The zero-order valence-corrected chi connectivity index (χ0v) is 19.6. The minimum Gasteiger partial charge on any atom is -0.445 e. The molecule has 2 aliphatic rings. The number of piperidine rings is 1. The normalized spacial score (nSPS) is 22.9. The molecule has 0 spiro atoms. The molecule has 3 atom stereocenters. The largest absolute Gasteiger partial charge is 0.445 e. The van der Waals surface area contributed by atoms with Crippen molar-refractivity contribution in [1.29, 1.82) is 5.26 Å². The number of nitriles is 1. The van der Waals surface area contributed by atoms with Crippen molar-refractivity contribution in [3.63, 3.8) is 0 Å². The van der Waals surface area contributed by atoms with Crippen LogP contribution in [0.1, 0.15) is 61.6 Å². The molecular weight excluding hydrogens is 410 g/mol. The Labute approximate surface area is 197 Å². The van der Waals surface area contributed by atoms with Crippen LogP contribution < -0.4 is 10.2 Å². The van der Waals surface area contributed by atoms with Crippen molar-refractivity contribution < 1.29 is 9.53 Å². The Morgan fingerprint density at radius 1 is 1.09 bits per heavy atom. The highest BCUT2D eigenvalue weighted by Crippen LogP contribution is 2.34. The lowest BCUT2D eigenvalue weighted by atomic mass is 9.77. The fraction of sp³-hybridized carbons (Fsp3) is 0.500. The third-order valence-corrected chi connectivity index (χ3v) is 7.35. The Morgan fingerprint density at radius 2 is 1.88 bits per heavy atom. The molecule has 2 aromatic carbocycles. The van der Waals surface area contributed by atoms with Crippen LogP contribution in [0.15, 0.2) is 48.5 Å². The first-order valence-corrected chi connectivity index (χ1v) is 12.4. The molecule has 5 nitrogen and oxygen atoms in total. The molecule has 1 aliphatic heterocycles. The van der Waals surface area contributed by atoms with E-state index in [0.717, 1.165) is 37.1 Å². The average molecular weight is 446 g/mol. The highest BCUT2D eigenvalue weighted by molar-refractivity contribution is 5.67. The van der Waals surface area contributed by atoms with Crippen LogP contribution in [0.5, 0.6) is 0 Å². The van der Waals surface area contributed by atoms with Gasteiger partial charge < -0.3 is 15.0 Å². The summed E-state index contributed by atoms with van der Waals surface area (Å²) in [5.41, 5.74) is 4.11. The molecule has 5 heteroatoms. The highest BCUT2D eigenvalue weighted by Gasteiger charge is 2.31. The molecule has 0 bridgehead atoms. The van der Waals surface area contributed by atoms with Crippen LogP contribution in [0.3, 0.4) is 0 Å². The van der Waals surface area contributed by atoms with Crippen molar-refractivity contribution in [3.8, 4) is 6.07 Å². The zero-order valence-electron chi connectivity index (χ0n) is 19.6. The maximum absolute atomic E-state index is 12.6. The van der Waals surface area contributed by atoms with E-state index in [4.69, 9.17) is 10.00 Å². The number of rotatable bonds is 6. The first kappa shape index (κ1) is 23.2. The van der Waals surface area contributed by atoms with Gasteiger partial charge in [0.05, 0.1) is 11.6 Å². The van der Waals surface area contributed by atoms with Gasteiger partial charge in [-0.3, -0.25) is 0 Å². The van der Waals surface area contributed by atoms with E-state index in [-0.39, 0.29) is 12.1 Å². The predicted molar refractivity (Wildman–Crippen MR) is 131 cm³/mol. The molecule has 4 rings (SSSR count). The van der Waals surface area contributed by atoms with Crippen LogP contribution in [0, 0.1) is 30.1 Å². The number of carbonyl (C=O) groups excluding carboxylic acids is 1. The number of anilines is 1. The Hall–Kier alpha value is -3.00. The first-order chi connectivity index (χ1) is 16.1. The molecule has 1 saturated heterocycles. The summed E-state index contributed by atoms with van der Waals surface area (Å²) < 4.78 is 5.56. The number of ether oxygens (including phenoxy) is 1. The van der Waals surface area contributed by atoms with Gasteiger partial charge in [-0.2, -0.15) is 5.26 Å². The van der Waals surface area contributed by atoms with E-state index in [9.17, 15) is 4.79 Å². The summed E-state index contributed by atoms with van der Waals surface area (Å²) >= 11 is 0. The molecule has 0 aromatic heterocycles. The van der Waals surface area contributed by atoms with E-state index in [1.165, 1.54) is 37.8 Å². The van der Waals surface area contributed by atoms with Crippen LogP contribution in [0.2, 0.25) is 0 Å². The molecule has 1 aliphatic carbocycles. The van der Waals surface area contributed by atoms with Crippen LogP contribution in [0.4, 0.5) is 10.5 Å². The molecule has 174 valence electrons. The van der Waals surface area contributed by atoms with E-state index in [1.807, 2.05) is 43.3 Å². The monoisotopic (exact) mass is 445 g/mol. The summed E-state index contributed by atoms with van der Waals surface area (Å²) in [6, 6.07) is 18.4. The van der Waals surface area contributed by atoms with Crippen molar-refractivity contribution in [1.82, 2.24) is 5.32 Å². The molecule has 0 radical (unpaired) electrons. The van der Waals surface area contributed by atoms with E-state index in [2.05, 4.69) is 28.4 Å². The van der Waals surface area contributed by atoms with Gasteiger partial charge >= 0.3 is 6.09 Å². The summed E-state index contributed by atoms with van der Waals surface area (Å²) in [7, 11) is 0. The number of benzene rings is 2. The summed E-state index contributed by atoms with van der Waals surface area (Å²) in [6.45, 7) is 4.48. The second-order valence-electron chi connectivity index (χ2n) is 9.65. The van der Waals surface area contributed by atoms with Crippen molar-refractivity contribution in [2.45, 2.75) is 64.5 Å². The Kier molecular flexibility index (Phi) is 7.88. The van der Waals surface area contributed by atoms with Crippen LogP contribution in [0.25, 0.3) is 0 Å². The minimum absolute atomic E-state index is 0.202. The fourth-order valence-electron chi connectivity index (χ4n) is 5.46. The van der Waals surface area contributed by atoms with E-state index in [1.54, 1.807) is 0 Å². The van der Waals surface area contributed by atoms with Crippen molar-refractivity contribution in [2.24, 2.45) is 11.8 Å². The molecule has 2 aromatic rings. The maximum atomic E-state index is 12.6. The van der Waals surface area contributed by atoms with Crippen LogP contribution in [-0.2, 0) is 11.3 Å². The maximum Gasteiger partial charge on any atom is 0.407 e. The summed E-state index contributed by atoms with van der Waals surface area (Å²) in [5.74, 6) is 1.14. The van der Waals surface area contributed by atoms with Crippen molar-refractivity contribution in [3.05, 3.63) is 65.2 Å². The average Bonchev–Trinajstić information content (AvgIpc) is 2.85. The predicted octanol–water partition coefficient (Wildman–Crippen LogP) is 5.96. The third kappa shape index (κ3) is 6.28. The van der Waals surface area contributed by atoms with E-state index >= 15 is 0 Å². The highest BCUT2D eigenvalue weighted by atomic mass is 16.5. The second kappa shape index (κ2) is 11.2. The lowest BCUT2D eigenvalue weighted by Crippen LogP contribution is -2.44. The van der Waals surface area contributed by atoms with Gasteiger partial charge in [0.2, 0.25) is 0 Å². The van der Waals surface area contributed by atoms with Crippen LogP contribution in [-0.4, -0.2) is 25.2 Å². The van der Waals surface area contributed by atoms with E-state index in [0.29, 0.717) is 24.0 Å². The quantitative estimate of drug-likeness (QED) is 0.596. The number of nitrogens with zero attached hydrogens (tertiary/aromatic N) is 2. The number of nitrogens with one attached hydrogen (secondary N) is 1. The number of hydrogen-bond acceptors (Lipinski definition) is 4. The topological polar surface area (TPSA) is 65.4 Å². The number of hydrogen-bond donors (Lipinski definition) is 1. The van der Waals surface area contributed by atoms with Gasteiger partial charge in [-0.05, 0) is 86.3 Å². The molecule has 1 heterocycles. The fourth-order valence-corrected chi connectivity index (χ4v) is 5.46. The number of amides is 1. The van der Waals surface area contributed by atoms with E-state index < -0.39 is 0 Å². The Bertz CT molecular complexity index is 966. The standard InChI is InChI=1S/C28H35N3O2/c1-21-7-2-3-10-25(21)20-33-28(32)30-27-11-5-4-9-24(27)17-23-8-6-16-31(19-23)26-14-12-22(18-29)13-15-26/h2-3,7,10,12-15,23-24,27H,4-6,8-9,11,16-17,19-20H2,1H3,(H,30,32)/t23-,24+,27-/m1/s1. The molecular formula is C28H35N3O2. The molecule has 1 N–H and O–H groups in total. The van der Waals surface area contributed by atoms with Crippen molar-refractivity contribution >= 4 is 11.8 Å². The van der Waals surface area contributed by atoms with Crippen LogP contribution >= 0.6 is 0 Å². The Balaban J connectivity index is 1.30. The minimum atomic E-state index is -0.294. The Morgan fingerprint density at radius 3 is 2.67 bits per heavy atom. The zero-order chi connectivity index (χ0) is 23.0. The van der Waals surface area contributed by atoms with Gasteiger partial charge in [0.1, 0.15) is 6.61 Å². The van der Waals surface area contributed by atoms with Gasteiger partial charge in [-0.25, -0.2) is 4.79 Å². The second-order valence-corrected chi connectivity index (χ2v) is 9.65. The summed E-state index contributed by atoms with van der Waals surface area (Å²) in [6.07, 6.45) is 7.91. The lowest BCUT2D eigenvalue weighted by Gasteiger charge is -2.39. The summed E-state index contributed by atoms with van der Waals surface area (Å²) in [5, 5.41) is 12.3. The third-order valence-electron chi connectivity index (χ3n) is 7.35.